The van der Waals surface area contributed by atoms with Crippen LogP contribution in [0.1, 0.15) is 25.8 Å². The minimum absolute atomic E-state index is 0.731. The van der Waals surface area contributed by atoms with Crippen LogP contribution in [-0.4, -0.2) is 9.78 Å². The summed E-state index contributed by atoms with van der Waals surface area (Å²) in [5, 5.41) is 4.22. The maximum absolute atomic E-state index is 4.22. The fraction of sp³-hybridized carbons (Fsp3) is 0.667. The van der Waals surface area contributed by atoms with Crippen LogP contribution >= 0.6 is 0 Å². The number of nitrogens with zero attached hydrogens (tertiary/aromatic N) is 2. The first-order valence-electron chi connectivity index (χ1n) is 4.21. The molecule has 1 atom stereocenters. The van der Waals surface area contributed by atoms with E-state index in [9.17, 15) is 0 Å². The Morgan fingerprint density at radius 3 is 2.82 bits per heavy atom. The summed E-state index contributed by atoms with van der Waals surface area (Å²) in [6.45, 7) is 7.57. The largest absolute Gasteiger partial charge is 0.272 e. The first-order chi connectivity index (χ1) is 5.22. The lowest BCUT2D eigenvalue weighted by Crippen LogP contribution is -2.06. The van der Waals surface area contributed by atoms with Gasteiger partial charge in [-0.1, -0.05) is 20.3 Å². The molecule has 0 aliphatic carbocycles. The molecule has 1 rings (SSSR count). The fourth-order valence-corrected chi connectivity index (χ4v) is 1.02. The van der Waals surface area contributed by atoms with E-state index in [0.29, 0.717) is 0 Å². The van der Waals surface area contributed by atoms with E-state index in [1.807, 2.05) is 10.9 Å². The third-order valence-electron chi connectivity index (χ3n) is 1.96. The van der Waals surface area contributed by atoms with Gasteiger partial charge in [-0.2, -0.15) is 5.10 Å². The monoisotopic (exact) mass is 152 g/mol. The van der Waals surface area contributed by atoms with Gasteiger partial charge < -0.3 is 0 Å². The molecule has 2 heteroatoms. The van der Waals surface area contributed by atoms with Crippen molar-refractivity contribution in [1.82, 2.24) is 9.78 Å². The van der Waals surface area contributed by atoms with E-state index in [-0.39, 0.29) is 0 Å². The molecule has 0 radical (unpaired) electrons. The van der Waals surface area contributed by atoms with Crippen molar-refractivity contribution in [3.63, 3.8) is 0 Å². The van der Waals surface area contributed by atoms with Gasteiger partial charge in [0.25, 0.3) is 0 Å². The molecule has 0 saturated heterocycles. The van der Waals surface area contributed by atoms with Crippen molar-refractivity contribution >= 4 is 0 Å². The molecule has 1 aromatic heterocycles. The number of rotatable bonds is 3. The van der Waals surface area contributed by atoms with Crippen LogP contribution in [0.3, 0.4) is 0 Å². The molecule has 0 aliphatic rings. The van der Waals surface area contributed by atoms with Crippen molar-refractivity contribution in [2.75, 3.05) is 0 Å². The Hall–Kier alpha value is -0.790. The molecule has 0 spiro atoms. The molecule has 1 aromatic rings. The van der Waals surface area contributed by atoms with Crippen molar-refractivity contribution in [1.29, 1.82) is 0 Å². The molecule has 0 amide bonds. The van der Waals surface area contributed by atoms with Gasteiger partial charge in [-0.15, -0.1) is 0 Å². The summed E-state index contributed by atoms with van der Waals surface area (Å²) in [5.41, 5.74) is 1.24. The SMILES string of the molecule is CCC(C)Cn1cc(C)cn1. The third-order valence-corrected chi connectivity index (χ3v) is 1.96. The molecule has 11 heavy (non-hydrogen) atoms. The van der Waals surface area contributed by atoms with E-state index in [1.165, 1.54) is 12.0 Å². The second-order valence-electron chi connectivity index (χ2n) is 3.25. The fourth-order valence-electron chi connectivity index (χ4n) is 1.02. The zero-order valence-electron chi connectivity index (χ0n) is 7.54. The molecular weight excluding hydrogens is 136 g/mol. The maximum atomic E-state index is 4.22. The van der Waals surface area contributed by atoms with Crippen LogP contribution in [0.2, 0.25) is 0 Å². The lowest BCUT2D eigenvalue weighted by Gasteiger charge is -2.07. The highest BCUT2D eigenvalue weighted by molar-refractivity contribution is 4.99. The molecule has 0 aliphatic heterocycles. The van der Waals surface area contributed by atoms with Crippen molar-refractivity contribution in [3.05, 3.63) is 18.0 Å². The van der Waals surface area contributed by atoms with Gasteiger partial charge in [0.2, 0.25) is 0 Å². The van der Waals surface area contributed by atoms with Gasteiger partial charge in [0.1, 0.15) is 0 Å². The molecule has 62 valence electrons. The number of hydrogen-bond donors (Lipinski definition) is 0. The minimum atomic E-state index is 0.731. The average molecular weight is 152 g/mol. The van der Waals surface area contributed by atoms with E-state index >= 15 is 0 Å². The van der Waals surface area contributed by atoms with Gasteiger partial charge in [0.15, 0.2) is 0 Å². The summed E-state index contributed by atoms with van der Waals surface area (Å²) in [7, 11) is 0. The van der Waals surface area contributed by atoms with E-state index in [0.717, 1.165) is 12.5 Å². The summed E-state index contributed by atoms with van der Waals surface area (Å²) >= 11 is 0. The Balaban J connectivity index is 2.50. The molecule has 0 aromatic carbocycles. The smallest absolute Gasteiger partial charge is 0.0518 e. The summed E-state index contributed by atoms with van der Waals surface area (Å²) in [6, 6.07) is 0. The molecule has 1 heterocycles. The summed E-state index contributed by atoms with van der Waals surface area (Å²) < 4.78 is 2.02. The second kappa shape index (κ2) is 3.56. The van der Waals surface area contributed by atoms with E-state index in [4.69, 9.17) is 0 Å². The van der Waals surface area contributed by atoms with Crippen molar-refractivity contribution in [3.8, 4) is 0 Å². The van der Waals surface area contributed by atoms with Crippen molar-refractivity contribution < 1.29 is 0 Å². The zero-order chi connectivity index (χ0) is 8.27. The Labute approximate surface area is 68.2 Å². The maximum Gasteiger partial charge on any atom is 0.0518 e. The van der Waals surface area contributed by atoms with Crippen LogP contribution in [0.5, 0.6) is 0 Å². The normalized spacial score (nSPS) is 13.4. The first-order valence-corrected chi connectivity index (χ1v) is 4.21. The standard InChI is InChI=1S/C9H16N2/c1-4-8(2)6-11-7-9(3)5-10-11/h5,7-8H,4,6H2,1-3H3. The van der Waals surface area contributed by atoms with Crippen LogP contribution in [0, 0.1) is 12.8 Å². The predicted molar refractivity (Wildman–Crippen MR) is 46.4 cm³/mol. The Morgan fingerprint density at radius 2 is 2.36 bits per heavy atom. The summed E-state index contributed by atoms with van der Waals surface area (Å²) in [6.07, 6.45) is 5.22. The summed E-state index contributed by atoms with van der Waals surface area (Å²) in [4.78, 5) is 0. The average Bonchev–Trinajstić information content (AvgIpc) is 2.35. The van der Waals surface area contributed by atoms with Crippen LogP contribution in [-0.2, 0) is 6.54 Å². The molecular formula is C9H16N2. The Bertz CT molecular complexity index is 215. The molecule has 0 fully saturated rings. The second-order valence-corrected chi connectivity index (χ2v) is 3.25. The first kappa shape index (κ1) is 8.31. The highest BCUT2D eigenvalue weighted by atomic mass is 15.3. The quantitative estimate of drug-likeness (QED) is 0.649. The number of aromatic nitrogens is 2. The van der Waals surface area contributed by atoms with E-state index in [2.05, 4.69) is 32.1 Å². The number of aryl methyl sites for hydroxylation is 1. The van der Waals surface area contributed by atoms with Crippen LogP contribution in [0.4, 0.5) is 0 Å². The molecule has 1 unspecified atom stereocenters. The van der Waals surface area contributed by atoms with Crippen LogP contribution < -0.4 is 0 Å². The van der Waals surface area contributed by atoms with Crippen LogP contribution in [0.25, 0.3) is 0 Å². The highest BCUT2D eigenvalue weighted by Gasteiger charge is 1.99. The molecule has 0 bridgehead atoms. The van der Waals surface area contributed by atoms with E-state index in [1.54, 1.807) is 0 Å². The van der Waals surface area contributed by atoms with Crippen LogP contribution in [0.15, 0.2) is 12.4 Å². The Kier molecular flexibility index (Phi) is 2.69. The van der Waals surface area contributed by atoms with E-state index < -0.39 is 0 Å². The lowest BCUT2D eigenvalue weighted by molar-refractivity contribution is 0.439. The van der Waals surface area contributed by atoms with Gasteiger partial charge in [0.05, 0.1) is 6.20 Å². The lowest BCUT2D eigenvalue weighted by atomic mass is 10.1. The topological polar surface area (TPSA) is 17.8 Å². The predicted octanol–water partition coefficient (Wildman–Crippen LogP) is 2.24. The molecule has 0 N–H and O–H groups in total. The van der Waals surface area contributed by atoms with Gasteiger partial charge in [0, 0.05) is 12.7 Å². The highest BCUT2D eigenvalue weighted by Crippen LogP contribution is 2.04. The molecule has 0 saturated carbocycles. The van der Waals surface area contributed by atoms with Gasteiger partial charge in [-0.3, -0.25) is 4.68 Å². The molecule has 2 nitrogen and oxygen atoms in total. The van der Waals surface area contributed by atoms with Crippen molar-refractivity contribution in [2.24, 2.45) is 5.92 Å². The zero-order valence-corrected chi connectivity index (χ0v) is 7.54. The Morgan fingerprint density at radius 1 is 1.64 bits per heavy atom. The minimum Gasteiger partial charge on any atom is -0.272 e. The number of hydrogen-bond acceptors (Lipinski definition) is 1. The summed E-state index contributed by atoms with van der Waals surface area (Å²) in [5.74, 6) is 0.731. The van der Waals surface area contributed by atoms with Crippen molar-refractivity contribution in [2.45, 2.75) is 33.7 Å². The third kappa shape index (κ3) is 2.37. The van der Waals surface area contributed by atoms with Gasteiger partial charge in [-0.25, -0.2) is 0 Å². The van der Waals surface area contributed by atoms with Gasteiger partial charge in [-0.05, 0) is 18.4 Å². The van der Waals surface area contributed by atoms with Gasteiger partial charge >= 0.3 is 0 Å².